The lowest BCUT2D eigenvalue weighted by molar-refractivity contribution is -0.371. The van der Waals surface area contributed by atoms with Gasteiger partial charge in [-0.15, -0.1) is 0 Å². The molecule has 14 heteroatoms. The van der Waals surface area contributed by atoms with Crippen LogP contribution in [0, 0.1) is 16.7 Å². The van der Waals surface area contributed by atoms with E-state index in [2.05, 4.69) is 0 Å². The summed E-state index contributed by atoms with van der Waals surface area (Å²) in [6.45, 7) is 2.05. The standard InChI is InChI=1S/C11H17F7.C10H13F7/c1-3-5-10(14,15)9(2,11(16,17)18)7-8(13)4-6-12;1-3-6-4-7(2,10(15,16)17)9(13,14)8(11,12)5-6/h8H,3-7H2,1-2H3;6H,3-5H2,1-2H3. The van der Waals surface area contributed by atoms with E-state index in [-0.39, 0.29) is 19.8 Å². The van der Waals surface area contributed by atoms with Gasteiger partial charge in [-0.3, -0.25) is 4.39 Å². The SMILES string of the molecule is CCC1CC(F)(F)C(F)(F)C(C)(C(F)(F)F)C1.CCCC(F)(F)C(C)(CC(F)CCF)C(F)(F)F. The van der Waals surface area contributed by atoms with E-state index in [1.54, 1.807) is 0 Å². The topological polar surface area (TPSA) is 0 Å². The Bertz CT molecular complexity index is 653. The summed E-state index contributed by atoms with van der Waals surface area (Å²) in [5.74, 6) is -14.8. The van der Waals surface area contributed by atoms with Gasteiger partial charge in [-0.1, -0.05) is 26.7 Å². The van der Waals surface area contributed by atoms with Crippen LogP contribution in [0.2, 0.25) is 0 Å². The van der Waals surface area contributed by atoms with Crippen LogP contribution in [-0.2, 0) is 0 Å². The number of hydrogen-bond donors (Lipinski definition) is 0. The monoisotopic (exact) mass is 548 g/mol. The van der Waals surface area contributed by atoms with Crippen molar-refractivity contribution in [2.24, 2.45) is 16.7 Å². The summed E-state index contributed by atoms with van der Waals surface area (Å²) in [5.41, 5.74) is -7.13. The van der Waals surface area contributed by atoms with Crippen LogP contribution in [-0.4, -0.2) is 43.0 Å². The third kappa shape index (κ3) is 6.87. The van der Waals surface area contributed by atoms with Gasteiger partial charge in [0.25, 0.3) is 5.92 Å². The summed E-state index contributed by atoms with van der Waals surface area (Å²) in [5, 5.41) is 0. The molecule has 1 saturated carbocycles. The molecule has 0 saturated heterocycles. The zero-order valence-corrected chi connectivity index (χ0v) is 19.6. The van der Waals surface area contributed by atoms with Gasteiger partial charge in [0.2, 0.25) is 0 Å². The molecule has 4 unspecified atom stereocenters. The Kier molecular flexibility index (Phi) is 10.9. The zero-order valence-electron chi connectivity index (χ0n) is 19.6. The Morgan fingerprint density at radius 1 is 0.886 bits per heavy atom. The van der Waals surface area contributed by atoms with Crippen LogP contribution >= 0.6 is 0 Å². The molecule has 35 heavy (non-hydrogen) atoms. The van der Waals surface area contributed by atoms with Crippen molar-refractivity contribution in [2.75, 3.05) is 6.67 Å². The zero-order chi connectivity index (χ0) is 28.3. The van der Waals surface area contributed by atoms with Gasteiger partial charge in [0.05, 0.1) is 6.67 Å². The molecule has 0 aromatic heterocycles. The minimum Gasteiger partial charge on any atom is -0.251 e. The number of rotatable bonds is 8. The molecule has 1 aliphatic carbocycles. The molecular weight excluding hydrogens is 518 g/mol. The maximum Gasteiger partial charge on any atom is 0.400 e. The van der Waals surface area contributed by atoms with Crippen LogP contribution in [0.1, 0.15) is 72.6 Å². The second-order valence-electron chi connectivity index (χ2n) is 9.35. The predicted molar refractivity (Wildman–Crippen MR) is 101 cm³/mol. The van der Waals surface area contributed by atoms with Gasteiger partial charge >= 0.3 is 24.2 Å². The second-order valence-corrected chi connectivity index (χ2v) is 9.35. The molecular formula is C21H30F14. The molecule has 0 heterocycles. The van der Waals surface area contributed by atoms with Crippen LogP contribution in [0.4, 0.5) is 61.5 Å². The van der Waals surface area contributed by atoms with Crippen molar-refractivity contribution in [3.8, 4) is 0 Å². The lowest BCUT2D eigenvalue weighted by atomic mass is 9.65. The van der Waals surface area contributed by atoms with Crippen LogP contribution in [0.3, 0.4) is 0 Å². The van der Waals surface area contributed by atoms with Crippen LogP contribution in [0.25, 0.3) is 0 Å². The fourth-order valence-corrected chi connectivity index (χ4v) is 3.98. The van der Waals surface area contributed by atoms with E-state index in [0.717, 1.165) is 0 Å². The van der Waals surface area contributed by atoms with Crippen molar-refractivity contribution >= 4 is 0 Å². The van der Waals surface area contributed by atoms with Crippen molar-refractivity contribution in [1.29, 1.82) is 0 Å². The third-order valence-corrected chi connectivity index (χ3v) is 6.65. The maximum absolute atomic E-state index is 13.6. The molecule has 0 aromatic rings. The van der Waals surface area contributed by atoms with Gasteiger partial charge in [-0.2, -0.15) is 43.9 Å². The summed E-state index contributed by atoms with van der Waals surface area (Å²) in [6.07, 6.45) is -18.3. The molecule has 0 amide bonds. The minimum atomic E-state index is -5.35. The van der Waals surface area contributed by atoms with Gasteiger partial charge in [0, 0.05) is 19.3 Å². The minimum absolute atomic E-state index is 0.0251. The summed E-state index contributed by atoms with van der Waals surface area (Å²) in [6, 6.07) is 0. The normalized spacial score (nSPS) is 27.4. The first-order valence-electron chi connectivity index (χ1n) is 10.9. The maximum atomic E-state index is 13.6. The summed E-state index contributed by atoms with van der Waals surface area (Å²) in [7, 11) is 0. The van der Waals surface area contributed by atoms with Crippen molar-refractivity contribution in [2.45, 2.75) is 109 Å². The number of hydrogen-bond acceptors (Lipinski definition) is 0. The highest BCUT2D eigenvalue weighted by Crippen LogP contribution is 2.63. The lowest BCUT2D eigenvalue weighted by Crippen LogP contribution is -2.63. The highest BCUT2D eigenvalue weighted by Gasteiger charge is 2.78. The third-order valence-electron chi connectivity index (χ3n) is 6.65. The van der Waals surface area contributed by atoms with Gasteiger partial charge in [-0.25, -0.2) is 13.2 Å². The number of halogens is 14. The van der Waals surface area contributed by atoms with E-state index in [4.69, 9.17) is 0 Å². The van der Waals surface area contributed by atoms with Gasteiger partial charge in [0.1, 0.15) is 17.0 Å². The highest BCUT2D eigenvalue weighted by molar-refractivity contribution is 5.07. The lowest BCUT2D eigenvalue weighted by Gasteiger charge is -2.48. The molecule has 4 atom stereocenters. The quantitative estimate of drug-likeness (QED) is 0.265. The molecule has 0 N–H and O–H groups in total. The van der Waals surface area contributed by atoms with Crippen LogP contribution < -0.4 is 0 Å². The van der Waals surface area contributed by atoms with Crippen molar-refractivity contribution < 1.29 is 61.5 Å². The van der Waals surface area contributed by atoms with E-state index in [0.29, 0.717) is 6.92 Å². The van der Waals surface area contributed by atoms with E-state index in [1.165, 1.54) is 13.8 Å². The Balaban J connectivity index is 0.000000661. The molecule has 0 radical (unpaired) electrons. The van der Waals surface area contributed by atoms with E-state index >= 15 is 0 Å². The molecule has 1 aliphatic rings. The van der Waals surface area contributed by atoms with Gasteiger partial charge in [0.15, 0.2) is 0 Å². The molecule has 0 aliphatic heterocycles. The average Bonchev–Trinajstić information content (AvgIpc) is 2.64. The van der Waals surface area contributed by atoms with Crippen molar-refractivity contribution in [3.63, 3.8) is 0 Å². The second kappa shape index (κ2) is 11.2. The molecule has 1 fully saturated rings. The molecule has 0 bridgehead atoms. The van der Waals surface area contributed by atoms with Gasteiger partial charge in [-0.05, 0) is 32.6 Å². The van der Waals surface area contributed by atoms with Crippen molar-refractivity contribution in [3.05, 3.63) is 0 Å². The fourth-order valence-electron chi connectivity index (χ4n) is 3.98. The highest BCUT2D eigenvalue weighted by atomic mass is 19.4. The predicted octanol–water partition coefficient (Wildman–Crippen LogP) is 9.72. The Morgan fingerprint density at radius 3 is 1.71 bits per heavy atom. The largest absolute Gasteiger partial charge is 0.400 e. The van der Waals surface area contributed by atoms with E-state index in [1.807, 2.05) is 0 Å². The molecule has 0 nitrogen and oxygen atoms in total. The average molecular weight is 548 g/mol. The van der Waals surface area contributed by atoms with Crippen molar-refractivity contribution in [1.82, 2.24) is 0 Å². The first-order chi connectivity index (χ1) is 15.4. The Labute approximate surface area is 194 Å². The fraction of sp³-hybridized carbons (Fsp3) is 1.00. The molecule has 212 valence electrons. The summed E-state index contributed by atoms with van der Waals surface area (Å²) >= 11 is 0. The molecule has 0 spiro atoms. The first kappa shape index (κ1) is 34.0. The molecule has 1 rings (SSSR count). The van der Waals surface area contributed by atoms with Crippen LogP contribution in [0.15, 0.2) is 0 Å². The van der Waals surface area contributed by atoms with E-state index < -0.39 is 91.8 Å². The van der Waals surface area contributed by atoms with E-state index in [9.17, 15) is 61.5 Å². The Morgan fingerprint density at radius 2 is 1.37 bits per heavy atom. The Hall–Kier alpha value is -0.980. The first-order valence-corrected chi connectivity index (χ1v) is 10.9. The van der Waals surface area contributed by atoms with Crippen LogP contribution in [0.5, 0.6) is 0 Å². The summed E-state index contributed by atoms with van der Waals surface area (Å²) in [4.78, 5) is 0. The number of alkyl halides is 14. The van der Waals surface area contributed by atoms with Gasteiger partial charge < -0.3 is 0 Å². The smallest absolute Gasteiger partial charge is 0.251 e. The molecule has 0 aromatic carbocycles. The summed E-state index contributed by atoms with van der Waals surface area (Å²) < 4.78 is 182.